The molecule has 0 atom stereocenters. The molecule has 0 unspecified atom stereocenters. The maximum absolute atomic E-state index is 13.0. The average Bonchev–Trinajstić information content (AvgIpc) is 2.81. The Kier molecular flexibility index (Phi) is 9.67. The summed E-state index contributed by atoms with van der Waals surface area (Å²) < 4.78 is 59.1. The zero-order valence-corrected chi connectivity index (χ0v) is 19.1. The maximum atomic E-state index is 13.0. The van der Waals surface area contributed by atoms with Crippen molar-refractivity contribution in [3.8, 4) is 0 Å². The van der Waals surface area contributed by atoms with Crippen LogP contribution in [-0.4, -0.2) is 12.5 Å². The molecule has 0 radical (unpaired) electrons. The van der Waals surface area contributed by atoms with Crippen LogP contribution in [0, 0.1) is 11.9 Å². The van der Waals surface area contributed by atoms with Crippen LogP contribution in [0.4, 0.5) is 28.9 Å². The van der Waals surface area contributed by atoms with Crippen molar-refractivity contribution < 1.29 is 44.4 Å². The molecular formula is C23H18F4N2O2Os-2. The van der Waals surface area contributed by atoms with Crippen molar-refractivity contribution in [3.63, 3.8) is 0 Å². The minimum atomic E-state index is -4.57. The summed E-state index contributed by atoms with van der Waals surface area (Å²) in [5, 5.41) is 6.88. The Balaban J connectivity index is 0.000000340. The number of rotatable bonds is 2. The van der Waals surface area contributed by atoms with Crippen LogP contribution in [0.2, 0.25) is 0 Å². The SMILES string of the molecule is Fc1cc[c-]cc1.O=C(Nc1ccc2c(c1)[N-]CCC2)c1ccccc1C(F)(F)F.[O]=[Os]. The van der Waals surface area contributed by atoms with Gasteiger partial charge in [-0.2, -0.15) is 31.4 Å². The Labute approximate surface area is 193 Å². The first-order valence-corrected chi connectivity index (χ1v) is 10.4. The van der Waals surface area contributed by atoms with Gasteiger partial charge in [-0.1, -0.05) is 36.2 Å². The van der Waals surface area contributed by atoms with Gasteiger partial charge in [-0.05, 0) is 24.6 Å². The molecule has 3 aromatic carbocycles. The number of benzene rings is 3. The molecule has 0 aliphatic carbocycles. The quantitative estimate of drug-likeness (QED) is 0.266. The van der Waals surface area contributed by atoms with E-state index >= 15 is 0 Å². The number of halogens is 4. The molecule has 0 spiro atoms. The monoisotopic (exact) mass is 622 g/mol. The van der Waals surface area contributed by atoms with Crippen LogP contribution in [0.25, 0.3) is 5.32 Å². The first kappa shape index (κ1) is 25.3. The van der Waals surface area contributed by atoms with E-state index in [0.29, 0.717) is 24.2 Å². The van der Waals surface area contributed by atoms with Crippen molar-refractivity contribution in [2.24, 2.45) is 0 Å². The molecule has 0 fully saturated rings. The molecule has 1 heterocycles. The molecule has 1 aliphatic rings. The Hall–Kier alpha value is -2.91. The van der Waals surface area contributed by atoms with Crippen molar-refractivity contribution in [1.82, 2.24) is 0 Å². The Morgan fingerprint density at radius 3 is 2.34 bits per heavy atom. The van der Waals surface area contributed by atoms with E-state index in [1.54, 1.807) is 12.1 Å². The fraction of sp³-hybridized carbons (Fsp3) is 0.174. The van der Waals surface area contributed by atoms with Crippen LogP contribution >= 0.6 is 0 Å². The summed E-state index contributed by atoms with van der Waals surface area (Å²) in [6, 6.07) is 18.5. The van der Waals surface area contributed by atoms with E-state index in [2.05, 4.69) is 16.7 Å². The number of amides is 1. The van der Waals surface area contributed by atoms with Gasteiger partial charge in [0.25, 0.3) is 5.91 Å². The predicted octanol–water partition coefficient (Wildman–Crippen LogP) is 6.41. The molecule has 170 valence electrons. The van der Waals surface area contributed by atoms with Crippen LogP contribution in [0.5, 0.6) is 0 Å². The van der Waals surface area contributed by atoms with E-state index in [1.165, 1.54) is 42.5 Å². The van der Waals surface area contributed by atoms with E-state index in [0.717, 1.165) is 36.7 Å². The van der Waals surface area contributed by atoms with Gasteiger partial charge in [-0.3, -0.25) is 4.79 Å². The van der Waals surface area contributed by atoms with Crippen molar-refractivity contribution in [1.29, 1.82) is 0 Å². The first-order chi connectivity index (χ1) is 15.3. The van der Waals surface area contributed by atoms with E-state index in [1.807, 2.05) is 6.07 Å². The van der Waals surface area contributed by atoms with Gasteiger partial charge < -0.3 is 10.6 Å². The standard InChI is InChI=1S/C17H14F3N2O.C6H4F.O.Os/c18-17(19,20)14-6-2-1-5-13(14)16(23)22-12-8-7-11-4-3-9-21-15(11)10-12;7-6-4-2-1-3-5-6;;/h1-2,5-8,10H,3-4,9H2,(H,22,23);2-5H;;/q2*-1;;. The summed E-state index contributed by atoms with van der Waals surface area (Å²) in [5.41, 5.74) is 0.981. The number of nitrogens with zero attached hydrogens (tertiary/aromatic N) is 1. The molecule has 1 N–H and O–H groups in total. The molecule has 4 nitrogen and oxygen atoms in total. The summed E-state index contributed by atoms with van der Waals surface area (Å²) in [7, 11) is 0. The van der Waals surface area contributed by atoms with E-state index in [4.69, 9.17) is 3.54 Å². The second-order valence-corrected chi connectivity index (χ2v) is 6.54. The van der Waals surface area contributed by atoms with Crippen molar-refractivity contribution in [2.75, 3.05) is 11.9 Å². The summed E-state index contributed by atoms with van der Waals surface area (Å²) in [5.74, 6) is -0.993. The molecule has 1 aliphatic heterocycles. The Bertz CT molecular complexity index is 1030. The molecule has 0 saturated heterocycles. The molecular weight excluding hydrogens is 602 g/mol. The summed E-state index contributed by atoms with van der Waals surface area (Å²) in [4.78, 5) is 12.2. The minimum absolute atomic E-state index is 0.209. The second kappa shape index (κ2) is 12.2. The summed E-state index contributed by atoms with van der Waals surface area (Å²) in [6.07, 6.45) is -2.67. The second-order valence-electron chi connectivity index (χ2n) is 6.54. The number of aryl methyl sites for hydroxylation is 1. The van der Waals surface area contributed by atoms with Gasteiger partial charge in [0, 0.05) is 11.5 Å². The number of hydrogen-bond donors (Lipinski definition) is 1. The summed E-state index contributed by atoms with van der Waals surface area (Å²) in [6.45, 7) is 0.724. The zero-order valence-electron chi connectivity index (χ0n) is 16.6. The average molecular weight is 621 g/mol. The van der Waals surface area contributed by atoms with Gasteiger partial charge in [0.15, 0.2) is 0 Å². The fourth-order valence-corrected chi connectivity index (χ4v) is 2.96. The third-order valence-corrected chi connectivity index (χ3v) is 4.38. The molecule has 1 amide bonds. The van der Waals surface area contributed by atoms with E-state index in [9.17, 15) is 22.4 Å². The molecule has 0 bridgehead atoms. The molecule has 0 aromatic heterocycles. The van der Waals surface area contributed by atoms with Crippen LogP contribution in [0.15, 0.2) is 66.7 Å². The van der Waals surface area contributed by atoms with Gasteiger partial charge in [-0.15, -0.1) is 24.4 Å². The molecule has 4 rings (SSSR count). The van der Waals surface area contributed by atoms with Crippen molar-refractivity contribution in [2.45, 2.75) is 19.0 Å². The Morgan fingerprint density at radius 1 is 1.03 bits per heavy atom. The fourth-order valence-electron chi connectivity index (χ4n) is 2.96. The third kappa shape index (κ3) is 7.35. The summed E-state index contributed by atoms with van der Waals surface area (Å²) >= 11 is 0.611. The van der Waals surface area contributed by atoms with Crippen LogP contribution in [0.3, 0.4) is 0 Å². The zero-order chi connectivity index (χ0) is 23.6. The number of hydrogen-bond acceptors (Lipinski definition) is 2. The normalized spacial score (nSPS) is 12.0. The van der Waals surface area contributed by atoms with Crippen molar-refractivity contribution >= 4 is 17.3 Å². The molecule has 32 heavy (non-hydrogen) atoms. The number of carbonyl (C=O) groups is 1. The number of fused-ring (bicyclic) bond motifs is 1. The molecule has 9 heteroatoms. The van der Waals surface area contributed by atoms with E-state index in [-0.39, 0.29) is 5.82 Å². The third-order valence-electron chi connectivity index (χ3n) is 4.38. The van der Waals surface area contributed by atoms with Gasteiger partial charge >= 0.3 is 28.3 Å². The first-order valence-electron chi connectivity index (χ1n) is 9.38. The van der Waals surface area contributed by atoms with Gasteiger partial charge in [-0.25, -0.2) is 4.39 Å². The van der Waals surface area contributed by atoms with Crippen LogP contribution in [-0.2, 0) is 34.7 Å². The van der Waals surface area contributed by atoms with Gasteiger partial charge in [0.05, 0.1) is 11.1 Å². The van der Waals surface area contributed by atoms with Crippen LogP contribution < -0.4 is 5.32 Å². The topological polar surface area (TPSA) is 60.3 Å². The van der Waals surface area contributed by atoms with Crippen LogP contribution in [0.1, 0.15) is 27.9 Å². The van der Waals surface area contributed by atoms with E-state index < -0.39 is 23.2 Å². The molecule has 3 aromatic rings. The van der Waals surface area contributed by atoms with Gasteiger partial charge in [0.2, 0.25) is 0 Å². The number of anilines is 1. The Morgan fingerprint density at radius 2 is 1.72 bits per heavy atom. The van der Waals surface area contributed by atoms with Gasteiger partial charge in [0.1, 0.15) is 0 Å². The molecule has 0 saturated carbocycles. The number of alkyl halides is 3. The predicted molar refractivity (Wildman–Crippen MR) is 108 cm³/mol. The number of carbonyl (C=O) groups excluding carboxylic acids is 1. The number of nitrogens with one attached hydrogen (secondary N) is 1. The van der Waals surface area contributed by atoms with Crippen molar-refractivity contribution in [3.05, 3.63) is 101 Å².